The van der Waals surface area contributed by atoms with Crippen molar-refractivity contribution in [3.8, 4) is 0 Å². The Hall–Kier alpha value is -1.63. The van der Waals surface area contributed by atoms with Gasteiger partial charge in [0.05, 0.1) is 6.20 Å². The molecule has 7 heteroatoms. The quantitative estimate of drug-likeness (QED) is 0.654. The summed E-state index contributed by atoms with van der Waals surface area (Å²) in [4.78, 5) is 22.2. The number of halogens is 1. The number of rotatable bonds is 1. The summed E-state index contributed by atoms with van der Waals surface area (Å²) in [6.07, 6.45) is 1.46. The molecule has 0 spiro atoms. The van der Waals surface area contributed by atoms with E-state index in [9.17, 15) is 14.0 Å². The van der Waals surface area contributed by atoms with Crippen molar-refractivity contribution < 1.29 is 14.3 Å². The van der Waals surface area contributed by atoms with E-state index in [1.807, 2.05) is 0 Å². The average Bonchev–Trinajstić information content (AvgIpc) is 2.73. The molecule has 1 aromatic heterocycles. The maximum atomic E-state index is 13.0. The second kappa shape index (κ2) is 3.50. The summed E-state index contributed by atoms with van der Waals surface area (Å²) in [6.45, 7) is 0.475. The van der Waals surface area contributed by atoms with Crippen LogP contribution in [0.2, 0.25) is 0 Å². The highest BCUT2D eigenvalue weighted by Gasteiger charge is 2.21. The highest BCUT2D eigenvalue weighted by Crippen LogP contribution is 2.20. The third kappa shape index (κ3) is 1.54. The lowest BCUT2D eigenvalue weighted by Crippen LogP contribution is -2.41. The van der Waals surface area contributed by atoms with Gasteiger partial charge in [-0.3, -0.25) is 9.36 Å². The summed E-state index contributed by atoms with van der Waals surface area (Å²) in [5, 5.41) is 9.00. The lowest BCUT2D eigenvalue weighted by Gasteiger charge is -2.12. The normalized spacial score (nSPS) is 20.7. The first-order valence-corrected chi connectivity index (χ1v) is 4.46. The van der Waals surface area contributed by atoms with Crippen LogP contribution in [0.15, 0.2) is 15.8 Å². The first-order valence-electron chi connectivity index (χ1n) is 4.46. The molecule has 1 unspecified atom stereocenters. The Bertz CT molecular complexity index is 486. The van der Waals surface area contributed by atoms with E-state index in [4.69, 9.17) is 9.94 Å². The first kappa shape index (κ1) is 9.91. The molecular formula is C8H9FN2O4. The molecule has 2 heterocycles. The lowest BCUT2D eigenvalue weighted by atomic mass is 10.3. The SMILES string of the molecule is O=c1c(F)cn(C2CCCO2)c(=O)n1O. The number of nitrogens with zero attached hydrogens (tertiary/aromatic N) is 2. The van der Waals surface area contributed by atoms with Gasteiger partial charge in [-0.05, 0) is 12.8 Å². The third-order valence-electron chi connectivity index (χ3n) is 2.27. The van der Waals surface area contributed by atoms with Gasteiger partial charge in [0.25, 0.3) is 0 Å². The highest BCUT2D eigenvalue weighted by atomic mass is 19.1. The van der Waals surface area contributed by atoms with Gasteiger partial charge in [-0.2, -0.15) is 4.39 Å². The fraction of sp³-hybridized carbons (Fsp3) is 0.500. The highest BCUT2D eigenvalue weighted by molar-refractivity contribution is 4.90. The maximum absolute atomic E-state index is 13.0. The van der Waals surface area contributed by atoms with Crippen LogP contribution in [0.4, 0.5) is 4.39 Å². The molecule has 1 atom stereocenters. The topological polar surface area (TPSA) is 73.5 Å². The van der Waals surface area contributed by atoms with E-state index < -0.39 is 23.3 Å². The molecule has 0 aliphatic carbocycles. The summed E-state index contributed by atoms with van der Waals surface area (Å²) < 4.78 is 18.7. The van der Waals surface area contributed by atoms with Crippen molar-refractivity contribution in [3.63, 3.8) is 0 Å². The van der Waals surface area contributed by atoms with Crippen LogP contribution in [-0.4, -0.2) is 21.1 Å². The smallest absolute Gasteiger partial charge is 0.366 e. The second-order valence-electron chi connectivity index (χ2n) is 3.25. The van der Waals surface area contributed by atoms with Gasteiger partial charge in [0.1, 0.15) is 6.23 Å². The fourth-order valence-corrected chi connectivity index (χ4v) is 1.52. The van der Waals surface area contributed by atoms with Gasteiger partial charge in [0, 0.05) is 6.61 Å². The lowest BCUT2D eigenvalue weighted by molar-refractivity contribution is 0.0410. The molecular weight excluding hydrogens is 207 g/mol. The van der Waals surface area contributed by atoms with Crippen molar-refractivity contribution in [2.45, 2.75) is 19.1 Å². The molecule has 6 nitrogen and oxygen atoms in total. The van der Waals surface area contributed by atoms with Crippen LogP contribution in [-0.2, 0) is 4.74 Å². The predicted molar refractivity (Wildman–Crippen MR) is 46.3 cm³/mol. The van der Waals surface area contributed by atoms with Gasteiger partial charge in [0.15, 0.2) is 0 Å². The van der Waals surface area contributed by atoms with E-state index in [-0.39, 0.29) is 4.73 Å². The molecule has 1 aliphatic heterocycles. The molecule has 1 N–H and O–H groups in total. The minimum Gasteiger partial charge on any atom is -0.421 e. The zero-order chi connectivity index (χ0) is 11.0. The van der Waals surface area contributed by atoms with Crippen molar-refractivity contribution >= 4 is 0 Å². The van der Waals surface area contributed by atoms with Crippen LogP contribution in [0.1, 0.15) is 19.1 Å². The van der Waals surface area contributed by atoms with Crippen molar-refractivity contribution in [2.24, 2.45) is 0 Å². The molecule has 1 aromatic rings. The molecule has 82 valence electrons. The maximum Gasteiger partial charge on any atom is 0.366 e. The van der Waals surface area contributed by atoms with Crippen LogP contribution in [0, 0.1) is 5.82 Å². The van der Waals surface area contributed by atoms with Crippen molar-refractivity contribution in [3.05, 3.63) is 32.9 Å². The summed E-state index contributed by atoms with van der Waals surface area (Å²) in [5.74, 6) is -1.19. The van der Waals surface area contributed by atoms with Crippen molar-refractivity contribution in [1.29, 1.82) is 0 Å². The van der Waals surface area contributed by atoms with Gasteiger partial charge >= 0.3 is 11.2 Å². The summed E-state index contributed by atoms with van der Waals surface area (Å²) in [6, 6.07) is 0. The molecule has 0 bridgehead atoms. The van der Waals surface area contributed by atoms with Crippen LogP contribution in [0.25, 0.3) is 0 Å². The van der Waals surface area contributed by atoms with E-state index in [1.54, 1.807) is 0 Å². The fourth-order valence-electron chi connectivity index (χ4n) is 1.52. The van der Waals surface area contributed by atoms with Crippen LogP contribution >= 0.6 is 0 Å². The molecule has 15 heavy (non-hydrogen) atoms. The Kier molecular flexibility index (Phi) is 2.31. The number of hydrogen-bond acceptors (Lipinski definition) is 4. The van der Waals surface area contributed by atoms with Crippen molar-refractivity contribution in [2.75, 3.05) is 6.61 Å². The zero-order valence-electron chi connectivity index (χ0n) is 7.72. The van der Waals surface area contributed by atoms with Crippen LogP contribution < -0.4 is 11.2 Å². The van der Waals surface area contributed by atoms with E-state index in [0.29, 0.717) is 13.0 Å². The molecule has 2 rings (SSSR count). The summed E-state index contributed by atoms with van der Waals surface area (Å²) in [5.41, 5.74) is -2.34. The van der Waals surface area contributed by atoms with E-state index in [1.165, 1.54) is 0 Å². The zero-order valence-corrected chi connectivity index (χ0v) is 7.72. The molecule has 0 amide bonds. The van der Waals surface area contributed by atoms with Gasteiger partial charge < -0.3 is 9.94 Å². The molecule has 1 aliphatic rings. The number of hydrogen-bond donors (Lipinski definition) is 1. The van der Waals surface area contributed by atoms with Crippen LogP contribution in [0.3, 0.4) is 0 Å². The Morgan fingerprint density at radius 3 is 2.87 bits per heavy atom. The van der Waals surface area contributed by atoms with Gasteiger partial charge in [-0.1, -0.05) is 4.73 Å². The van der Waals surface area contributed by atoms with E-state index >= 15 is 0 Å². The second-order valence-corrected chi connectivity index (χ2v) is 3.25. The molecule has 0 radical (unpaired) electrons. The molecule has 0 aromatic carbocycles. The Labute approximate surface area is 83.1 Å². The van der Waals surface area contributed by atoms with Gasteiger partial charge in [0.2, 0.25) is 5.82 Å². The first-order chi connectivity index (χ1) is 7.11. The van der Waals surface area contributed by atoms with Gasteiger partial charge in [-0.15, -0.1) is 0 Å². The minimum absolute atomic E-state index is 0.253. The molecule has 0 saturated carbocycles. The van der Waals surface area contributed by atoms with Crippen molar-refractivity contribution in [1.82, 2.24) is 9.30 Å². The number of aromatic nitrogens is 2. The summed E-state index contributed by atoms with van der Waals surface area (Å²) >= 11 is 0. The standard InChI is InChI=1S/C8H9FN2O4/c9-5-4-10(6-2-1-3-15-6)8(13)11(14)7(5)12/h4,6,14H,1-3H2. The summed E-state index contributed by atoms with van der Waals surface area (Å²) in [7, 11) is 0. The Balaban J connectivity index is 2.57. The monoisotopic (exact) mass is 216 g/mol. The Morgan fingerprint density at radius 1 is 1.53 bits per heavy atom. The van der Waals surface area contributed by atoms with E-state index in [2.05, 4.69) is 0 Å². The Morgan fingerprint density at radius 2 is 2.27 bits per heavy atom. The number of ether oxygens (including phenoxy) is 1. The largest absolute Gasteiger partial charge is 0.421 e. The van der Waals surface area contributed by atoms with E-state index in [0.717, 1.165) is 17.2 Å². The van der Waals surface area contributed by atoms with Crippen LogP contribution in [0.5, 0.6) is 0 Å². The minimum atomic E-state index is -1.35. The van der Waals surface area contributed by atoms with Gasteiger partial charge in [-0.25, -0.2) is 4.79 Å². The molecule has 1 fully saturated rings. The third-order valence-corrected chi connectivity index (χ3v) is 2.27. The molecule has 1 saturated heterocycles. The predicted octanol–water partition coefficient (Wildman–Crippen LogP) is -0.305. The average molecular weight is 216 g/mol.